The quantitative estimate of drug-likeness (QED) is 0.846. The topological polar surface area (TPSA) is 82.3 Å². The van der Waals surface area contributed by atoms with Crippen molar-refractivity contribution in [1.82, 2.24) is 15.2 Å². The number of amides is 2. The van der Waals surface area contributed by atoms with E-state index < -0.39 is 6.04 Å². The first kappa shape index (κ1) is 15.8. The van der Waals surface area contributed by atoms with Gasteiger partial charge in [0.1, 0.15) is 6.04 Å². The van der Waals surface area contributed by atoms with Gasteiger partial charge in [-0.2, -0.15) is 0 Å². The number of carbonyl (C=O) groups excluding carboxylic acids is 2. The van der Waals surface area contributed by atoms with Crippen LogP contribution in [0.25, 0.3) is 0 Å². The summed E-state index contributed by atoms with van der Waals surface area (Å²) in [4.78, 5) is 40.9. The largest absolute Gasteiger partial charge is 0.350 e. The van der Waals surface area contributed by atoms with Crippen molar-refractivity contribution < 1.29 is 9.59 Å². The molecule has 1 aromatic rings. The minimum absolute atomic E-state index is 0.0439. The molecule has 1 atom stereocenters. The van der Waals surface area contributed by atoms with Crippen molar-refractivity contribution >= 4 is 11.8 Å². The molecule has 124 valence electrons. The molecule has 23 heavy (non-hydrogen) atoms. The fraction of sp³-hybridized carbons (Fsp3) is 0.588. The fourth-order valence-electron chi connectivity index (χ4n) is 3.54. The SMILES string of the molecule is CCC(C(=O)NCc1cc2c([nH]c1=O)CCC2)N1CCCC1=O. The molecule has 2 amide bonds. The summed E-state index contributed by atoms with van der Waals surface area (Å²) in [7, 11) is 0. The second kappa shape index (κ2) is 6.56. The molecule has 1 unspecified atom stereocenters. The summed E-state index contributed by atoms with van der Waals surface area (Å²) in [6.45, 7) is 2.75. The van der Waals surface area contributed by atoms with Crippen molar-refractivity contribution in [2.45, 2.75) is 58.0 Å². The van der Waals surface area contributed by atoms with Gasteiger partial charge in [0, 0.05) is 30.8 Å². The van der Waals surface area contributed by atoms with Crippen LogP contribution in [0.4, 0.5) is 0 Å². The maximum absolute atomic E-state index is 12.4. The van der Waals surface area contributed by atoms with E-state index in [1.807, 2.05) is 13.0 Å². The highest BCUT2D eigenvalue weighted by Gasteiger charge is 2.31. The minimum Gasteiger partial charge on any atom is -0.350 e. The minimum atomic E-state index is -0.432. The van der Waals surface area contributed by atoms with Crippen molar-refractivity contribution in [1.29, 1.82) is 0 Å². The van der Waals surface area contributed by atoms with Gasteiger partial charge in [0.25, 0.3) is 5.56 Å². The lowest BCUT2D eigenvalue weighted by Crippen LogP contribution is -2.47. The zero-order valence-corrected chi connectivity index (χ0v) is 13.5. The number of fused-ring (bicyclic) bond motifs is 1. The molecule has 1 aliphatic heterocycles. The normalized spacial score (nSPS) is 18.1. The molecule has 3 rings (SSSR count). The third kappa shape index (κ3) is 3.16. The second-order valence-electron chi connectivity index (χ2n) is 6.31. The predicted molar refractivity (Wildman–Crippen MR) is 86.0 cm³/mol. The van der Waals surface area contributed by atoms with E-state index in [2.05, 4.69) is 10.3 Å². The van der Waals surface area contributed by atoms with Crippen LogP contribution in [0.15, 0.2) is 10.9 Å². The van der Waals surface area contributed by atoms with Crippen LogP contribution in [0.5, 0.6) is 0 Å². The van der Waals surface area contributed by atoms with Gasteiger partial charge in [-0.1, -0.05) is 6.92 Å². The molecule has 1 saturated heterocycles. The van der Waals surface area contributed by atoms with E-state index in [1.165, 1.54) is 5.56 Å². The van der Waals surface area contributed by atoms with E-state index >= 15 is 0 Å². The average molecular weight is 317 g/mol. The molecular weight excluding hydrogens is 294 g/mol. The molecule has 1 fully saturated rings. The summed E-state index contributed by atoms with van der Waals surface area (Å²) in [5, 5.41) is 2.83. The molecule has 2 aliphatic rings. The smallest absolute Gasteiger partial charge is 0.253 e. The standard InChI is InChI=1S/C17H23N3O3/c1-2-14(20-8-4-7-15(20)21)17(23)18-10-12-9-11-5-3-6-13(11)19-16(12)22/h9,14H,2-8,10H2,1H3,(H,18,23)(H,19,22). The number of aromatic nitrogens is 1. The van der Waals surface area contributed by atoms with E-state index in [-0.39, 0.29) is 23.9 Å². The second-order valence-corrected chi connectivity index (χ2v) is 6.31. The highest BCUT2D eigenvalue weighted by Crippen LogP contribution is 2.19. The average Bonchev–Trinajstić information content (AvgIpc) is 3.15. The maximum Gasteiger partial charge on any atom is 0.253 e. The Bertz CT molecular complexity index is 680. The lowest BCUT2D eigenvalue weighted by molar-refractivity contribution is -0.137. The number of hydrogen-bond donors (Lipinski definition) is 2. The first-order valence-electron chi connectivity index (χ1n) is 8.41. The van der Waals surface area contributed by atoms with Crippen LogP contribution in [-0.2, 0) is 29.0 Å². The van der Waals surface area contributed by atoms with Crippen molar-refractivity contribution in [3.05, 3.63) is 33.2 Å². The van der Waals surface area contributed by atoms with Gasteiger partial charge in [0.15, 0.2) is 0 Å². The summed E-state index contributed by atoms with van der Waals surface area (Å²) < 4.78 is 0. The van der Waals surface area contributed by atoms with Gasteiger partial charge in [0.05, 0.1) is 0 Å². The van der Waals surface area contributed by atoms with Crippen LogP contribution in [-0.4, -0.2) is 34.3 Å². The van der Waals surface area contributed by atoms with Crippen molar-refractivity contribution in [2.24, 2.45) is 0 Å². The van der Waals surface area contributed by atoms with Crippen LogP contribution >= 0.6 is 0 Å². The molecule has 0 radical (unpaired) electrons. The van der Waals surface area contributed by atoms with E-state index in [9.17, 15) is 14.4 Å². The number of rotatable bonds is 5. The van der Waals surface area contributed by atoms with Gasteiger partial charge in [0.2, 0.25) is 11.8 Å². The molecule has 1 aromatic heterocycles. The van der Waals surface area contributed by atoms with Crippen molar-refractivity contribution in [3.8, 4) is 0 Å². The Balaban J connectivity index is 1.66. The molecular formula is C17H23N3O3. The van der Waals surface area contributed by atoms with Crippen LogP contribution in [0.2, 0.25) is 0 Å². The van der Waals surface area contributed by atoms with Crippen molar-refractivity contribution in [2.75, 3.05) is 6.54 Å². The van der Waals surface area contributed by atoms with Crippen LogP contribution in [0, 0.1) is 0 Å². The first-order valence-corrected chi connectivity index (χ1v) is 8.41. The number of nitrogens with one attached hydrogen (secondary N) is 2. The highest BCUT2D eigenvalue weighted by atomic mass is 16.2. The zero-order valence-electron chi connectivity index (χ0n) is 13.5. The Kier molecular flexibility index (Phi) is 4.50. The molecule has 0 aromatic carbocycles. The number of aromatic amines is 1. The van der Waals surface area contributed by atoms with E-state index in [4.69, 9.17) is 0 Å². The number of H-pyrrole nitrogens is 1. The fourth-order valence-corrected chi connectivity index (χ4v) is 3.54. The number of aryl methyl sites for hydroxylation is 2. The van der Waals surface area contributed by atoms with E-state index in [0.717, 1.165) is 31.4 Å². The Morgan fingerprint density at radius 3 is 2.83 bits per heavy atom. The summed E-state index contributed by atoms with van der Waals surface area (Å²) >= 11 is 0. The van der Waals surface area contributed by atoms with E-state index in [0.29, 0.717) is 24.9 Å². The van der Waals surface area contributed by atoms with Gasteiger partial charge >= 0.3 is 0 Å². The van der Waals surface area contributed by atoms with Gasteiger partial charge in [-0.15, -0.1) is 0 Å². The first-order chi connectivity index (χ1) is 11.1. The zero-order chi connectivity index (χ0) is 16.4. The highest BCUT2D eigenvalue weighted by molar-refractivity contribution is 5.88. The lowest BCUT2D eigenvalue weighted by Gasteiger charge is -2.25. The Hall–Kier alpha value is -2.11. The molecule has 6 nitrogen and oxygen atoms in total. The lowest BCUT2D eigenvalue weighted by atomic mass is 10.1. The number of likely N-dealkylation sites (tertiary alicyclic amines) is 1. The van der Waals surface area contributed by atoms with Crippen molar-refractivity contribution in [3.63, 3.8) is 0 Å². The molecule has 1 aliphatic carbocycles. The van der Waals surface area contributed by atoms with Gasteiger partial charge in [-0.25, -0.2) is 0 Å². The Morgan fingerprint density at radius 2 is 2.13 bits per heavy atom. The number of carbonyl (C=O) groups is 2. The van der Waals surface area contributed by atoms with Gasteiger partial charge in [-0.05, 0) is 43.7 Å². The van der Waals surface area contributed by atoms with Crippen LogP contribution < -0.4 is 10.9 Å². The summed E-state index contributed by atoms with van der Waals surface area (Å²) in [5.41, 5.74) is 2.66. The van der Waals surface area contributed by atoms with Crippen LogP contribution in [0.1, 0.15) is 49.4 Å². The molecule has 2 N–H and O–H groups in total. The predicted octanol–water partition coefficient (Wildman–Crippen LogP) is 0.881. The summed E-state index contributed by atoms with van der Waals surface area (Å²) in [6, 6.07) is 1.47. The van der Waals surface area contributed by atoms with Gasteiger partial charge < -0.3 is 15.2 Å². The molecule has 0 saturated carbocycles. The number of hydrogen-bond acceptors (Lipinski definition) is 3. The molecule has 6 heteroatoms. The third-order valence-corrected chi connectivity index (χ3v) is 4.79. The van der Waals surface area contributed by atoms with Gasteiger partial charge in [-0.3, -0.25) is 14.4 Å². The Morgan fingerprint density at radius 1 is 1.30 bits per heavy atom. The summed E-state index contributed by atoms with van der Waals surface area (Å²) in [6.07, 6.45) is 4.88. The maximum atomic E-state index is 12.4. The molecule has 2 heterocycles. The molecule has 0 bridgehead atoms. The third-order valence-electron chi connectivity index (χ3n) is 4.79. The number of pyridine rings is 1. The monoisotopic (exact) mass is 317 g/mol. The van der Waals surface area contributed by atoms with Crippen LogP contribution in [0.3, 0.4) is 0 Å². The number of nitrogens with zero attached hydrogens (tertiary/aromatic N) is 1. The van der Waals surface area contributed by atoms with E-state index in [1.54, 1.807) is 4.90 Å². The summed E-state index contributed by atoms with van der Waals surface area (Å²) in [5.74, 6) is -0.134. The molecule has 0 spiro atoms. The Labute approximate surface area is 135 Å².